The van der Waals surface area contributed by atoms with E-state index < -0.39 is 23.3 Å². The van der Waals surface area contributed by atoms with Crippen LogP contribution in [-0.4, -0.2) is 62.8 Å². The maximum absolute atomic E-state index is 12.4. The molecule has 12 nitrogen and oxygen atoms in total. The van der Waals surface area contributed by atoms with Crippen molar-refractivity contribution in [1.29, 1.82) is 0 Å². The van der Waals surface area contributed by atoms with E-state index in [1.165, 1.54) is 23.8 Å². The first-order valence-electron chi connectivity index (χ1n) is 11.1. The van der Waals surface area contributed by atoms with E-state index in [1.54, 1.807) is 7.05 Å². The fourth-order valence-electron chi connectivity index (χ4n) is 3.74. The van der Waals surface area contributed by atoms with Gasteiger partial charge in [0.2, 0.25) is 5.95 Å². The quantitative estimate of drug-likeness (QED) is 0.167. The van der Waals surface area contributed by atoms with E-state index in [4.69, 9.17) is 5.73 Å². The van der Waals surface area contributed by atoms with Gasteiger partial charge >= 0.3 is 11.7 Å². The van der Waals surface area contributed by atoms with Crippen LogP contribution in [0.2, 0.25) is 0 Å². The second-order valence-electron chi connectivity index (χ2n) is 8.09. The zero-order valence-electron chi connectivity index (χ0n) is 18.3. The standard InChI is InChI=1S/C20H32N8O4/c1-22-19-26-16-14(17(29)27-19)15(21)25-20(32)28(16)10-9-23-13(18(30)31)8-6-4-2-3-5-7-12-11-24-12/h12-13,23-24H,2-11H2,1H3,(H,30,31)(H2,21,25,32)(H2,22,26,27,29). The molecular weight excluding hydrogens is 416 g/mol. The lowest BCUT2D eigenvalue weighted by atomic mass is 10.0. The van der Waals surface area contributed by atoms with Crippen molar-refractivity contribution in [2.45, 2.75) is 63.6 Å². The van der Waals surface area contributed by atoms with Gasteiger partial charge in [0, 0.05) is 32.7 Å². The van der Waals surface area contributed by atoms with Gasteiger partial charge in [-0.1, -0.05) is 32.1 Å². The number of hydrogen-bond acceptors (Lipinski definition) is 9. The van der Waals surface area contributed by atoms with Crippen molar-refractivity contribution in [3.8, 4) is 0 Å². The number of fused-ring (bicyclic) bond motifs is 1. The third-order valence-corrected chi connectivity index (χ3v) is 5.66. The number of unbranched alkanes of at least 4 members (excludes halogenated alkanes) is 4. The number of carbonyl (C=O) groups is 1. The summed E-state index contributed by atoms with van der Waals surface area (Å²) in [6.45, 7) is 1.44. The summed E-state index contributed by atoms with van der Waals surface area (Å²) in [5.41, 5.74) is 4.69. The first kappa shape index (κ1) is 23.7. The number of aromatic amines is 1. The Morgan fingerprint density at radius 1 is 1.25 bits per heavy atom. The van der Waals surface area contributed by atoms with Crippen LogP contribution in [0.15, 0.2) is 9.59 Å². The van der Waals surface area contributed by atoms with Crippen LogP contribution in [0, 0.1) is 0 Å². The number of aromatic nitrogens is 4. The SMILES string of the molecule is CNc1nc2c(c(N)nc(=O)n2CCNC(CCCCCCCC2CN2)C(=O)O)c(=O)[nH]1. The van der Waals surface area contributed by atoms with Crippen molar-refractivity contribution in [2.24, 2.45) is 0 Å². The molecule has 2 atom stereocenters. The molecule has 1 saturated heterocycles. The number of nitrogen functional groups attached to an aromatic ring is 1. The first-order valence-corrected chi connectivity index (χ1v) is 11.1. The van der Waals surface area contributed by atoms with Crippen molar-refractivity contribution >= 4 is 28.8 Å². The number of nitrogens with one attached hydrogen (secondary N) is 4. The number of nitrogens with zero attached hydrogens (tertiary/aromatic N) is 3. The van der Waals surface area contributed by atoms with Gasteiger partial charge in [-0.15, -0.1) is 0 Å². The predicted octanol–water partition coefficient (Wildman–Crippen LogP) is -0.151. The van der Waals surface area contributed by atoms with Crippen LogP contribution in [0.4, 0.5) is 11.8 Å². The average Bonchev–Trinajstić information content (AvgIpc) is 3.57. The number of carboxylic acid groups (broad SMARTS) is 1. The summed E-state index contributed by atoms with van der Waals surface area (Å²) < 4.78 is 1.22. The maximum Gasteiger partial charge on any atom is 0.351 e. The number of nitrogens with two attached hydrogens (primary N) is 1. The Labute approximate surface area is 185 Å². The fraction of sp³-hybridized carbons (Fsp3) is 0.650. The van der Waals surface area contributed by atoms with Crippen LogP contribution in [0.3, 0.4) is 0 Å². The van der Waals surface area contributed by atoms with Gasteiger partial charge in [-0.25, -0.2) is 4.79 Å². The van der Waals surface area contributed by atoms with E-state index in [0.29, 0.717) is 6.42 Å². The van der Waals surface area contributed by atoms with Gasteiger partial charge in [0.1, 0.15) is 17.2 Å². The minimum absolute atomic E-state index is 0.0239. The number of anilines is 2. The van der Waals surface area contributed by atoms with Crippen LogP contribution >= 0.6 is 0 Å². The molecule has 12 heteroatoms. The summed E-state index contributed by atoms with van der Waals surface area (Å²) in [5.74, 6) is -0.932. The largest absolute Gasteiger partial charge is 0.480 e. The number of rotatable bonds is 14. The Kier molecular flexibility index (Phi) is 8.17. The molecule has 2 unspecified atom stereocenters. The van der Waals surface area contributed by atoms with E-state index in [9.17, 15) is 19.5 Å². The van der Waals surface area contributed by atoms with Crippen LogP contribution in [0.1, 0.15) is 44.9 Å². The molecule has 0 saturated carbocycles. The third kappa shape index (κ3) is 6.26. The van der Waals surface area contributed by atoms with Crippen LogP contribution in [0.25, 0.3) is 11.0 Å². The Bertz CT molecular complexity index is 1050. The van der Waals surface area contributed by atoms with Gasteiger partial charge in [0.05, 0.1) is 0 Å². The molecule has 0 radical (unpaired) electrons. The highest BCUT2D eigenvalue weighted by molar-refractivity contribution is 5.85. The highest BCUT2D eigenvalue weighted by Crippen LogP contribution is 2.14. The number of hydrogen-bond donors (Lipinski definition) is 6. The number of carboxylic acids is 1. The minimum Gasteiger partial charge on any atom is -0.480 e. The molecule has 1 fully saturated rings. The number of H-pyrrole nitrogens is 1. The van der Waals surface area contributed by atoms with E-state index in [0.717, 1.165) is 31.8 Å². The zero-order chi connectivity index (χ0) is 23.1. The molecule has 0 aliphatic carbocycles. The van der Waals surface area contributed by atoms with E-state index in [1.807, 2.05) is 0 Å². The summed E-state index contributed by atoms with van der Waals surface area (Å²) in [6, 6.07) is 0.00783. The molecular formula is C20H32N8O4. The Balaban J connectivity index is 1.55. The van der Waals surface area contributed by atoms with Gasteiger partial charge in [0.15, 0.2) is 5.65 Å². The van der Waals surface area contributed by atoms with Crippen molar-refractivity contribution < 1.29 is 9.90 Å². The molecule has 176 valence electrons. The van der Waals surface area contributed by atoms with E-state index >= 15 is 0 Å². The molecule has 2 aromatic rings. The summed E-state index contributed by atoms with van der Waals surface area (Å²) in [6.07, 6.45) is 7.04. The van der Waals surface area contributed by atoms with Crippen LogP contribution < -0.4 is 32.9 Å². The smallest absolute Gasteiger partial charge is 0.351 e. The number of aliphatic carboxylic acids is 1. The first-order chi connectivity index (χ1) is 15.4. The lowest BCUT2D eigenvalue weighted by Crippen LogP contribution is -2.40. The highest BCUT2D eigenvalue weighted by atomic mass is 16.4. The van der Waals surface area contributed by atoms with Crippen LogP contribution in [0.5, 0.6) is 0 Å². The predicted molar refractivity (Wildman–Crippen MR) is 122 cm³/mol. The third-order valence-electron chi connectivity index (χ3n) is 5.66. The lowest BCUT2D eigenvalue weighted by molar-refractivity contribution is -0.139. The monoisotopic (exact) mass is 448 g/mol. The Morgan fingerprint density at radius 3 is 2.66 bits per heavy atom. The Morgan fingerprint density at radius 2 is 1.97 bits per heavy atom. The highest BCUT2D eigenvalue weighted by Gasteiger charge is 2.19. The minimum atomic E-state index is -0.926. The van der Waals surface area contributed by atoms with Crippen molar-refractivity contribution in [3.05, 3.63) is 20.8 Å². The Hall–Kier alpha value is -2.99. The average molecular weight is 449 g/mol. The summed E-state index contributed by atoms with van der Waals surface area (Å²) in [5, 5.41) is 18.5. The van der Waals surface area contributed by atoms with Crippen molar-refractivity contribution in [1.82, 2.24) is 30.2 Å². The second kappa shape index (κ2) is 11.0. The summed E-state index contributed by atoms with van der Waals surface area (Å²) >= 11 is 0. The molecule has 1 aliphatic heterocycles. The van der Waals surface area contributed by atoms with Crippen molar-refractivity contribution in [3.63, 3.8) is 0 Å². The molecule has 0 amide bonds. The fourth-order valence-corrected chi connectivity index (χ4v) is 3.74. The van der Waals surface area contributed by atoms with E-state index in [2.05, 4.69) is 30.9 Å². The lowest BCUT2D eigenvalue weighted by Gasteiger charge is -2.16. The van der Waals surface area contributed by atoms with Gasteiger partial charge in [-0.2, -0.15) is 9.97 Å². The van der Waals surface area contributed by atoms with Gasteiger partial charge < -0.3 is 26.8 Å². The summed E-state index contributed by atoms with van der Waals surface area (Å²) in [4.78, 5) is 46.7. The molecule has 1 aliphatic rings. The molecule has 3 heterocycles. The molecule has 0 spiro atoms. The van der Waals surface area contributed by atoms with Gasteiger partial charge in [0.25, 0.3) is 5.56 Å². The molecule has 0 bridgehead atoms. The zero-order valence-corrected chi connectivity index (χ0v) is 18.3. The molecule has 7 N–H and O–H groups in total. The molecule has 0 aromatic carbocycles. The summed E-state index contributed by atoms with van der Waals surface area (Å²) in [7, 11) is 1.58. The van der Waals surface area contributed by atoms with Crippen LogP contribution in [-0.2, 0) is 11.3 Å². The van der Waals surface area contributed by atoms with E-state index in [-0.39, 0.29) is 35.9 Å². The maximum atomic E-state index is 12.4. The topological polar surface area (TPSA) is 190 Å². The van der Waals surface area contributed by atoms with Gasteiger partial charge in [-0.3, -0.25) is 19.1 Å². The molecule has 2 aromatic heterocycles. The molecule has 3 rings (SSSR count). The molecule has 32 heavy (non-hydrogen) atoms. The normalized spacial score (nSPS) is 16.2. The van der Waals surface area contributed by atoms with Gasteiger partial charge in [-0.05, 0) is 12.8 Å². The second-order valence-corrected chi connectivity index (χ2v) is 8.09. The van der Waals surface area contributed by atoms with Crippen molar-refractivity contribution in [2.75, 3.05) is 31.2 Å².